The van der Waals surface area contributed by atoms with Crippen LogP contribution in [0.1, 0.15) is 5.69 Å². The predicted octanol–water partition coefficient (Wildman–Crippen LogP) is 2.45. The molecule has 0 spiro atoms. The van der Waals surface area contributed by atoms with E-state index in [4.69, 9.17) is 9.47 Å². The Bertz CT molecular complexity index is 1020. The van der Waals surface area contributed by atoms with Crippen LogP contribution >= 0.6 is 0 Å². The van der Waals surface area contributed by atoms with Crippen LogP contribution in [0.3, 0.4) is 0 Å². The van der Waals surface area contributed by atoms with Crippen LogP contribution in [0.4, 0.5) is 21.8 Å². The van der Waals surface area contributed by atoms with Gasteiger partial charge in [0.05, 0.1) is 43.2 Å². The molecule has 8 nitrogen and oxygen atoms in total. The Morgan fingerprint density at radius 3 is 3.00 bits per heavy atom. The molecule has 9 heteroatoms. The first kappa shape index (κ1) is 16.9. The van der Waals surface area contributed by atoms with E-state index in [1.54, 1.807) is 35.4 Å². The van der Waals surface area contributed by atoms with Crippen LogP contribution < -0.4 is 15.0 Å². The van der Waals surface area contributed by atoms with Gasteiger partial charge in [-0.25, -0.2) is 14.4 Å². The number of nitrogens with one attached hydrogen (secondary N) is 1. The maximum Gasteiger partial charge on any atom is 0.229 e. The fraction of sp³-hybridized carbons (Fsp3) is 0.316. The largest absolute Gasteiger partial charge is 0.486 e. The van der Waals surface area contributed by atoms with Crippen molar-refractivity contribution >= 4 is 17.5 Å². The topological polar surface area (TPSA) is 77.3 Å². The van der Waals surface area contributed by atoms with Crippen molar-refractivity contribution < 1.29 is 13.9 Å². The monoisotopic (exact) mass is 382 g/mol. The molecule has 3 aromatic rings. The molecule has 1 N–H and O–H groups in total. The zero-order valence-electron chi connectivity index (χ0n) is 15.3. The number of nitrogens with zero attached hydrogens (tertiary/aromatic N) is 5. The Morgan fingerprint density at radius 2 is 2.18 bits per heavy atom. The number of imidazole rings is 1. The molecule has 0 bridgehead atoms. The minimum Gasteiger partial charge on any atom is -0.486 e. The molecule has 144 valence electrons. The maximum atomic E-state index is 14.6. The first-order chi connectivity index (χ1) is 13.7. The van der Waals surface area contributed by atoms with E-state index in [1.165, 1.54) is 6.07 Å². The third-order valence-electron chi connectivity index (χ3n) is 4.86. The lowest BCUT2D eigenvalue weighted by Crippen LogP contribution is -2.51. The molecule has 0 unspecified atom stereocenters. The lowest BCUT2D eigenvalue weighted by atomic mass is 10.2. The highest BCUT2D eigenvalue weighted by molar-refractivity contribution is 5.61. The van der Waals surface area contributed by atoms with E-state index < -0.39 is 0 Å². The van der Waals surface area contributed by atoms with Gasteiger partial charge >= 0.3 is 0 Å². The second kappa shape index (κ2) is 6.75. The molecule has 2 aliphatic rings. The Morgan fingerprint density at radius 1 is 1.25 bits per heavy atom. The van der Waals surface area contributed by atoms with Gasteiger partial charge in [0.1, 0.15) is 12.4 Å². The number of ether oxygens (including phenoxy) is 2. The standard InChI is InChI=1S/C19H19FN6O2/c1-12-8-25(11-22-12)16-3-2-13(6-15(16)20)23-19-21-7-17-18(24-19)26-4-5-27-9-14(26)10-28-17/h2-3,6-8,11,14H,4-5,9-10H2,1H3,(H,21,23,24)/t14-/m0/s1. The molecule has 1 saturated heterocycles. The summed E-state index contributed by atoms with van der Waals surface area (Å²) in [4.78, 5) is 15.2. The number of rotatable bonds is 3. The summed E-state index contributed by atoms with van der Waals surface area (Å²) < 4.78 is 27.5. The second-order valence-corrected chi connectivity index (χ2v) is 6.83. The highest BCUT2D eigenvalue weighted by Crippen LogP contribution is 2.33. The van der Waals surface area contributed by atoms with Gasteiger partial charge < -0.3 is 24.3 Å². The third-order valence-corrected chi connectivity index (χ3v) is 4.86. The van der Waals surface area contributed by atoms with Gasteiger partial charge in [-0.3, -0.25) is 0 Å². The van der Waals surface area contributed by atoms with Crippen molar-refractivity contribution in [3.05, 3.63) is 48.4 Å². The highest BCUT2D eigenvalue weighted by atomic mass is 19.1. The summed E-state index contributed by atoms with van der Waals surface area (Å²) in [5.74, 6) is 1.42. The van der Waals surface area contributed by atoms with E-state index in [-0.39, 0.29) is 11.9 Å². The fourth-order valence-electron chi connectivity index (χ4n) is 3.46. The van der Waals surface area contributed by atoms with Gasteiger partial charge in [-0.05, 0) is 25.1 Å². The third kappa shape index (κ3) is 3.03. The number of aryl methyl sites for hydroxylation is 1. The minimum atomic E-state index is -0.364. The van der Waals surface area contributed by atoms with Gasteiger partial charge in [-0.1, -0.05) is 0 Å². The number of hydrogen-bond donors (Lipinski definition) is 1. The van der Waals surface area contributed by atoms with Crippen LogP contribution in [0.25, 0.3) is 5.69 Å². The zero-order valence-corrected chi connectivity index (χ0v) is 15.3. The summed E-state index contributed by atoms with van der Waals surface area (Å²) in [5.41, 5.74) is 1.82. The number of halogens is 1. The summed E-state index contributed by atoms with van der Waals surface area (Å²) in [7, 11) is 0. The minimum absolute atomic E-state index is 0.152. The maximum absolute atomic E-state index is 14.6. The van der Waals surface area contributed by atoms with Crippen LogP contribution in [-0.4, -0.2) is 51.9 Å². The van der Waals surface area contributed by atoms with E-state index in [1.807, 2.05) is 6.92 Å². The molecular weight excluding hydrogens is 363 g/mol. The van der Waals surface area contributed by atoms with Crippen molar-refractivity contribution in [1.82, 2.24) is 19.5 Å². The molecule has 28 heavy (non-hydrogen) atoms. The molecule has 5 rings (SSSR count). The first-order valence-electron chi connectivity index (χ1n) is 9.09. The van der Waals surface area contributed by atoms with Gasteiger partial charge in [0.2, 0.25) is 5.95 Å². The predicted molar refractivity (Wildman–Crippen MR) is 101 cm³/mol. The fourth-order valence-corrected chi connectivity index (χ4v) is 3.46. The molecule has 1 aromatic carbocycles. The van der Waals surface area contributed by atoms with Gasteiger partial charge in [-0.2, -0.15) is 4.98 Å². The van der Waals surface area contributed by atoms with Crippen LogP contribution in [0.2, 0.25) is 0 Å². The van der Waals surface area contributed by atoms with Gasteiger partial charge in [0.15, 0.2) is 11.6 Å². The van der Waals surface area contributed by atoms with Gasteiger partial charge in [0.25, 0.3) is 0 Å². The molecular formula is C19H19FN6O2. The number of anilines is 3. The Balaban J connectivity index is 1.40. The molecule has 2 aromatic heterocycles. The molecule has 0 saturated carbocycles. The molecule has 4 heterocycles. The summed E-state index contributed by atoms with van der Waals surface area (Å²) >= 11 is 0. The summed E-state index contributed by atoms with van der Waals surface area (Å²) in [6, 6.07) is 5.05. The van der Waals surface area contributed by atoms with Crippen LogP contribution in [-0.2, 0) is 4.74 Å². The number of fused-ring (bicyclic) bond motifs is 3. The van der Waals surface area contributed by atoms with Crippen LogP contribution in [0, 0.1) is 12.7 Å². The quantitative estimate of drug-likeness (QED) is 0.746. The van der Waals surface area contributed by atoms with Crippen LogP contribution in [0.5, 0.6) is 5.75 Å². The van der Waals surface area contributed by atoms with Gasteiger partial charge in [-0.15, -0.1) is 0 Å². The number of hydrogen-bond acceptors (Lipinski definition) is 7. The lowest BCUT2D eigenvalue weighted by molar-refractivity contribution is 0.0696. The Kier molecular flexibility index (Phi) is 4.09. The zero-order chi connectivity index (χ0) is 19.1. The summed E-state index contributed by atoms with van der Waals surface area (Å²) in [6.45, 7) is 4.45. The number of aromatic nitrogens is 4. The SMILES string of the molecule is Cc1cn(-c2ccc(Nc3ncc4c(n3)N3CCOC[C@H]3CO4)cc2F)cn1. The lowest BCUT2D eigenvalue weighted by Gasteiger charge is -2.40. The molecule has 1 fully saturated rings. The van der Waals surface area contributed by atoms with Crippen molar-refractivity contribution in [1.29, 1.82) is 0 Å². The van der Waals surface area contributed by atoms with E-state index >= 15 is 0 Å². The normalized spacial score (nSPS) is 18.2. The summed E-state index contributed by atoms with van der Waals surface area (Å²) in [5, 5.41) is 3.07. The van der Waals surface area contributed by atoms with Crippen LogP contribution in [0.15, 0.2) is 36.9 Å². The van der Waals surface area contributed by atoms with E-state index in [0.29, 0.717) is 42.9 Å². The number of morpholine rings is 1. The average Bonchev–Trinajstić information content (AvgIpc) is 3.14. The van der Waals surface area contributed by atoms with Crippen molar-refractivity contribution in [2.24, 2.45) is 0 Å². The molecule has 0 amide bonds. The summed E-state index contributed by atoms with van der Waals surface area (Å²) in [6.07, 6.45) is 5.01. The first-order valence-corrected chi connectivity index (χ1v) is 9.09. The molecule has 0 radical (unpaired) electrons. The smallest absolute Gasteiger partial charge is 0.229 e. The van der Waals surface area contributed by atoms with Gasteiger partial charge in [0, 0.05) is 18.4 Å². The molecule has 1 atom stereocenters. The van der Waals surface area contributed by atoms with Crippen molar-refractivity contribution in [3.63, 3.8) is 0 Å². The molecule has 2 aliphatic heterocycles. The van der Waals surface area contributed by atoms with Crippen molar-refractivity contribution in [2.45, 2.75) is 13.0 Å². The van der Waals surface area contributed by atoms with E-state index in [9.17, 15) is 4.39 Å². The average molecular weight is 382 g/mol. The number of benzene rings is 1. The second-order valence-electron chi connectivity index (χ2n) is 6.83. The Labute approximate surface area is 161 Å². The Hall–Kier alpha value is -3.20. The van der Waals surface area contributed by atoms with Crippen molar-refractivity contribution in [2.75, 3.05) is 36.6 Å². The highest BCUT2D eigenvalue weighted by Gasteiger charge is 2.32. The van der Waals surface area contributed by atoms with Crippen molar-refractivity contribution in [3.8, 4) is 11.4 Å². The van der Waals surface area contributed by atoms with E-state index in [2.05, 4.69) is 25.2 Å². The molecule has 0 aliphatic carbocycles. The van der Waals surface area contributed by atoms with E-state index in [0.717, 1.165) is 18.1 Å².